The molecule has 1 fully saturated rings. The van der Waals surface area contributed by atoms with Crippen LogP contribution in [0.3, 0.4) is 0 Å². The summed E-state index contributed by atoms with van der Waals surface area (Å²) in [4.78, 5) is 4.97. The van der Waals surface area contributed by atoms with Crippen LogP contribution in [-0.4, -0.2) is 11.5 Å². The molecule has 0 unspecified atom stereocenters. The number of aromatic nitrogens is 1. The molecule has 0 atom stereocenters. The van der Waals surface area contributed by atoms with E-state index in [4.69, 9.17) is 4.98 Å². The summed E-state index contributed by atoms with van der Waals surface area (Å²) in [7, 11) is 0. The standard InChI is InChI=1S/C18H24N2S/c1-2-12-19-13-16-14-21-17(20-16)18(10-6-7-11-18)15-8-4-3-5-9-15/h3-5,8-9,14,19H,2,6-7,10-13H2,1H3. The number of rotatable bonds is 6. The van der Waals surface area contributed by atoms with Crippen molar-refractivity contribution in [3.8, 4) is 0 Å². The molecule has 0 radical (unpaired) electrons. The average Bonchev–Trinajstić information content (AvgIpc) is 3.18. The Morgan fingerprint density at radius 3 is 2.67 bits per heavy atom. The summed E-state index contributed by atoms with van der Waals surface area (Å²) < 4.78 is 0. The van der Waals surface area contributed by atoms with Gasteiger partial charge < -0.3 is 5.32 Å². The van der Waals surface area contributed by atoms with Gasteiger partial charge in [0.15, 0.2) is 0 Å². The molecule has 3 rings (SSSR count). The minimum atomic E-state index is 0.176. The first-order valence-corrected chi connectivity index (χ1v) is 8.94. The van der Waals surface area contributed by atoms with Gasteiger partial charge in [-0.2, -0.15) is 0 Å². The molecule has 1 N–H and O–H groups in total. The summed E-state index contributed by atoms with van der Waals surface area (Å²) in [6, 6.07) is 11.0. The van der Waals surface area contributed by atoms with Crippen molar-refractivity contribution < 1.29 is 0 Å². The smallest absolute Gasteiger partial charge is 0.103 e. The molecule has 1 heterocycles. The summed E-state index contributed by atoms with van der Waals surface area (Å²) in [6.07, 6.45) is 6.29. The summed E-state index contributed by atoms with van der Waals surface area (Å²) in [5.41, 5.74) is 2.82. The first kappa shape index (κ1) is 14.7. The third kappa shape index (κ3) is 3.04. The maximum atomic E-state index is 4.97. The largest absolute Gasteiger partial charge is 0.311 e. The van der Waals surface area contributed by atoms with Crippen molar-refractivity contribution in [2.45, 2.75) is 51.0 Å². The van der Waals surface area contributed by atoms with Gasteiger partial charge in [0.05, 0.1) is 5.69 Å². The Balaban J connectivity index is 1.85. The minimum absolute atomic E-state index is 0.176. The molecule has 3 heteroatoms. The lowest BCUT2D eigenvalue weighted by atomic mass is 9.79. The van der Waals surface area contributed by atoms with Crippen LogP contribution in [-0.2, 0) is 12.0 Å². The lowest BCUT2D eigenvalue weighted by molar-refractivity contribution is 0.528. The molecule has 0 bridgehead atoms. The number of nitrogens with one attached hydrogen (secondary N) is 1. The van der Waals surface area contributed by atoms with Crippen molar-refractivity contribution in [2.24, 2.45) is 0 Å². The molecule has 0 aliphatic heterocycles. The van der Waals surface area contributed by atoms with Gasteiger partial charge in [0.25, 0.3) is 0 Å². The fourth-order valence-corrected chi connectivity index (χ4v) is 4.46. The topological polar surface area (TPSA) is 24.9 Å². The van der Waals surface area contributed by atoms with Crippen LogP contribution in [0, 0.1) is 0 Å². The number of nitrogens with zero attached hydrogens (tertiary/aromatic N) is 1. The molecular formula is C18H24N2S. The van der Waals surface area contributed by atoms with Crippen LogP contribution in [0.5, 0.6) is 0 Å². The van der Waals surface area contributed by atoms with Gasteiger partial charge in [-0.3, -0.25) is 0 Å². The minimum Gasteiger partial charge on any atom is -0.311 e. The van der Waals surface area contributed by atoms with Crippen molar-refractivity contribution >= 4 is 11.3 Å². The van der Waals surface area contributed by atoms with E-state index < -0.39 is 0 Å². The molecule has 112 valence electrons. The van der Waals surface area contributed by atoms with Crippen molar-refractivity contribution in [1.29, 1.82) is 0 Å². The Bertz CT molecular complexity index is 556. The second kappa shape index (κ2) is 6.71. The van der Waals surface area contributed by atoms with Gasteiger partial charge in [-0.1, -0.05) is 50.1 Å². The zero-order valence-electron chi connectivity index (χ0n) is 12.8. The second-order valence-electron chi connectivity index (χ2n) is 5.98. The summed E-state index contributed by atoms with van der Waals surface area (Å²) in [5, 5.41) is 7.01. The molecule has 21 heavy (non-hydrogen) atoms. The third-order valence-electron chi connectivity index (χ3n) is 4.48. The van der Waals surface area contributed by atoms with E-state index in [2.05, 4.69) is 48.0 Å². The normalized spacial score (nSPS) is 17.2. The SMILES string of the molecule is CCCNCc1csc(C2(c3ccccc3)CCCC2)n1. The lowest BCUT2D eigenvalue weighted by Gasteiger charge is -2.27. The summed E-state index contributed by atoms with van der Waals surface area (Å²) in [6.45, 7) is 4.16. The highest BCUT2D eigenvalue weighted by Gasteiger charge is 2.39. The van der Waals surface area contributed by atoms with E-state index in [0.717, 1.165) is 13.1 Å². The van der Waals surface area contributed by atoms with Gasteiger partial charge in [0.2, 0.25) is 0 Å². The van der Waals surface area contributed by atoms with Crippen LogP contribution in [0.4, 0.5) is 0 Å². The van der Waals surface area contributed by atoms with Crippen molar-refractivity contribution in [2.75, 3.05) is 6.54 Å². The highest BCUT2D eigenvalue weighted by atomic mass is 32.1. The first-order chi connectivity index (χ1) is 10.3. The number of hydrogen-bond acceptors (Lipinski definition) is 3. The highest BCUT2D eigenvalue weighted by molar-refractivity contribution is 7.09. The van der Waals surface area contributed by atoms with Crippen molar-refractivity contribution in [3.05, 3.63) is 52.0 Å². The number of benzene rings is 1. The quantitative estimate of drug-likeness (QED) is 0.794. The fourth-order valence-electron chi connectivity index (χ4n) is 3.36. The van der Waals surface area contributed by atoms with Gasteiger partial charge in [-0.05, 0) is 31.4 Å². The predicted octanol–water partition coefficient (Wildman–Crippen LogP) is 4.50. The summed E-state index contributed by atoms with van der Waals surface area (Å²) in [5.74, 6) is 0. The van der Waals surface area contributed by atoms with Crippen LogP contribution < -0.4 is 5.32 Å². The van der Waals surface area contributed by atoms with Gasteiger partial charge in [0.1, 0.15) is 5.01 Å². The zero-order chi connectivity index (χ0) is 14.5. The molecule has 0 saturated heterocycles. The van der Waals surface area contributed by atoms with Crippen LogP contribution in [0.15, 0.2) is 35.7 Å². The molecule has 1 aliphatic rings. The van der Waals surface area contributed by atoms with E-state index in [1.807, 2.05) is 11.3 Å². The molecule has 2 nitrogen and oxygen atoms in total. The Morgan fingerprint density at radius 2 is 1.95 bits per heavy atom. The number of thiazole rings is 1. The Morgan fingerprint density at radius 1 is 1.19 bits per heavy atom. The average molecular weight is 300 g/mol. The Hall–Kier alpha value is -1.19. The molecular weight excluding hydrogens is 276 g/mol. The summed E-state index contributed by atoms with van der Waals surface area (Å²) >= 11 is 1.85. The maximum absolute atomic E-state index is 4.97. The van der Waals surface area contributed by atoms with Crippen LogP contribution >= 0.6 is 11.3 Å². The van der Waals surface area contributed by atoms with Crippen LogP contribution in [0.25, 0.3) is 0 Å². The van der Waals surface area contributed by atoms with Crippen molar-refractivity contribution in [1.82, 2.24) is 10.3 Å². The molecule has 2 aromatic rings. The molecule has 1 saturated carbocycles. The van der Waals surface area contributed by atoms with E-state index in [9.17, 15) is 0 Å². The second-order valence-corrected chi connectivity index (χ2v) is 6.83. The van der Waals surface area contributed by atoms with Gasteiger partial charge >= 0.3 is 0 Å². The highest BCUT2D eigenvalue weighted by Crippen LogP contribution is 2.47. The van der Waals surface area contributed by atoms with Crippen molar-refractivity contribution in [3.63, 3.8) is 0 Å². The van der Waals surface area contributed by atoms with E-state index in [0.29, 0.717) is 0 Å². The van der Waals surface area contributed by atoms with Gasteiger partial charge in [-0.15, -0.1) is 11.3 Å². The molecule has 1 aromatic heterocycles. The van der Waals surface area contributed by atoms with E-state index >= 15 is 0 Å². The Labute approximate surface area is 131 Å². The maximum Gasteiger partial charge on any atom is 0.103 e. The monoisotopic (exact) mass is 300 g/mol. The first-order valence-electron chi connectivity index (χ1n) is 8.06. The van der Waals surface area contributed by atoms with E-state index in [1.54, 1.807) is 0 Å². The fraction of sp³-hybridized carbons (Fsp3) is 0.500. The molecule has 0 spiro atoms. The molecule has 1 aliphatic carbocycles. The predicted molar refractivity (Wildman–Crippen MR) is 89.8 cm³/mol. The lowest BCUT2D eigenvalue weighted by Crippen LogP contribution is -2.23. The molecule has 1 aromatic carbocycles. The zero-order valence-corrected chi connectivity index (χ0v) is 13.6. The van der Waals surface area contributed by atoms with Crippen LogP contribution in [0.1, 0.15) is 55.3 Å². The van der Waals surface area contributed by atoms with Gasteiger partial charge in [-0.25, -0.2) is 4.98 Å². The van der Waals surface area contributed by atoms with Crippen LogP contribution in [0.2, 0.25) is 0 Å². The third-order valence-corrected chi connectivity index (χ3v) is 5.57. The number of hydrogen-bond donors (Lipinski definition) is 1. The molecule has 0 amide bonds. The van der Waals surface area contributed by atoms with E-state index in [1.165, 1.54) is 48.4 Å². The Kier molecular flexibility index (Phi) is 4.71. The van der Waals surface area contributed by atoms with E-state index in [-0.39, 0.29) is 5.41 Å². The van der Waals surface area contributed by atoms with Gasteiger partial charge in [0, 0.05) is 17.3 Å².